The topological polar surface area (TPSA) is 38.5 Å². The molecule has 0 radical (unpaired) electrons. The Bertz CT molecular complexity index is 646. The van der Waals surface area contributed by atoms with Crippen LogP contribution in [0.3, 0.4) is 0 Å². The Morgan fingerprint density at radius 3 is 2.77 bits per heavy atom. The van der Waals surface area contributed by atoms with E-state index in [0.717, 1.165) is 55.2 Å². The van der Waals surface area contributed by atoms with Gasteiger partial charge < -0.3 is 9.26 Å². The van der Waals surface area contributed by atoms with E-state index in [1.807, 2.05) is 25.1 Å². The normalized spacial score (nSPS) is 15.8. The summed E-state index contributed by atoms with van der Waals surface area (Å²) in [6.45, 7) is 5.76. The summed E-state index contributed by atoms with van der Waals surface area (Å²) >= 11 is 0. The van der Waals surface area contributed by atoms with Crippen LogP contribution in [0.2, 0.25) is 0 Å². The van der Waals surface area contributed by atoms with Gasteiger partial charge in [0.15, 0.2) is 0 Å². The Morgan fingerprint density at radius 2 is 2.09 bits per heavy atom. The van der Waals surface area contributed by atoms with E-state index in [9.17, 15) is 0 Å². The number of nitrogens with zero attached hydrogens (tertiary/aromatic N) is 2. The molecule has 1 aromatic heterocycles. The fourth-order valence-corrected chi connectivity index (χ4v) is 2.91. The maximum Gasteiger partial charge on any atom is 0.141 e. The molecule has 0 saturated heterocycles. The van der Waals surface area contributed by atoms with Gasteiger partial charge in [0, 0.05) is 37.9 Å². The zero-order valence-corrected chi connectivity index (χ0v) is 13.2. The van der Waals surface area contributed by atoms with Gasteiger partial charge in [0.25, 0.3) is 0 Å². The molecule has 3 rings (SSSR count). The van der Waals surface area contributed by atoms with E-state index in [4.69, 9.17) is 9.26 Å². The van der Waals surface area contributed by atoms with Gasteiger partial charge in [-0.25, -0.2) is 0 Å². The van der Waals surface area contributed by atoms with Crippen molar-refractivity contribution in [3.05, 3.63) is 47.7 Å². The number of benzene rings is 1. The van der Waals surface area contributed by atoms with Crippen molar-refractivity contribution in [2.45, 2.75) is 13.3 Å². The third-order valence-electron chi connectivity index (χ3n) is 4.14. The van der Waals surface area contributed by atoms with Crippen LogP contribution in [-0.2, 0) is 4.74 Å². The lowest BCUT2D eigenvalue weighted by Gasteiger charge is -2.26. The van der Waals surface area contributed by atoms with Crippen molar-refractivity contribution < 1.29 is 9.26 Å². The van der Waals surface area contributed by atoms with Gasteiger partial charge in [0.2, 0.25) is 0 Å². The smallest absolute Gasteiger partial charge is 0.141 e. The van der Waals surface area contributed by atoms with Crippen LogP contribution < -0.4 is 0 Å². The summed E-state index contributed by atoms with van der Waals surface area (Å²) in [5, 5.41) is 4.28. The molecule has 0 bridgehead atoms. The molecule has 1 aromatic carbocycles. The van der Waals surface area contributed by atoms with Crippen molar-refractivity contribution in [2.75, 3.05) is 33.4 Å². The summed E-state index contributed by atoms with van der Waals surface area (Å²) in [5.41, 5.74) is 4.57. The molecule has 0 atom stereocenters. The second kappa shape index (κ2) is 6.90. The Morgan fingerprint density at radius 1 is 1.27 bits per heavy atom. The van der Waals surface area contributed by atoms with Crippen molar-refractivity contribution in [3.63, 3.8) is 0 Å². The Hall–Kier alpha value is -1.91. The molecule has 0 spiro atoms. The van der Waals surface area contributed by atoms with Crippen LogP contribution in [-0.4, -0.2) is 43.4 Å². The minimum absolute atomic E-state index is 0.782. The lowest BCUT2D eigenvalue weighted by molar-refractivity contribution is 0.154. The van der Waals surface area contributed by atoms with Crippen LogP contribution in [0.15, 0.2) is 40.9 Å². The molecule has 1 aliphatic heterocycles. The highest BCUT2D eigenvalue weighted by Gasteiger charge is 2.21. The maximum absolute atomic E-state index is 5.47. The number of hydrogen-bond acceptors (Lipinski definition) is 4. The highest BCUT2D eigenvalue weighted by Crippen LogP contribution is 2.33. The highest BCUT2D eigenvalue weighted by atomic mass is 16.5. The fourth-order valence-electron chi connectivity index (χ4n) is 2.91. The molecular formula is C18H22N2O2. The van der Waals surface area contributed by atoms with E-state index < -0.39 is 0 Å². The van der Waals surface area contributed by atoms with Gasteiger partial charge in [0.05, 0.1) is 6.61 Å². The molecule has 1 aliphatic rings. The molecule has 0 unspecified atom stereocenters. The van der Waals surface area contributed by atoms with E-state index in [-0.39, 0.29) is 0 Å². The van der Waals surface area contributed by atoms with Gasteiger partial charge in [-0.15, -0.1) is 0 Å². The molecule has 2 heterocycles. The Balaban J connectivity index is 1.84. The molecule has 0 N–H and O–H groups in total. The second-order valence-corrected chi connectivity index (χ2v) is 5.60. The quantitative estimate of drug-likeness (QED) is 0.848. The Labute approximate surface area is 131 Å². The molecule has 4 heteroatoms. The number of ether oxygens (including phenoxy) is 1. The van der Waals surface area contributed by atoms with Crippen molar-refractivity contribution in [1.29, 1.82) is 0 Å². The molecule has 0 fully saturated rings. The van der Waals surface area contributed by atoms with Crippen molar-refractivity contribution in [2.24, 2.45) is 0 Å². The summed E-state index contributed by atoms with van der Waals surface area (Å²) in [5.74, 6) is 0.899. The predicted octanol–water partition coefficient (Wildman–Crippen LogP) is 3.39. The zero-order chi connectivity index (χ0) is 15.4. The fraction of sp³-hybridized carbons (Fsp3) is 0.389. The van der Waals surface area contributed by atoms with Gasteiger partial charge in [-0.1, -0.05) is 41.6 Å². The lowest BCUT2D eigenvalue weighted by Crippen LogP contribution is -2.31. The summed E-state index contributed by atoms with van der Waals surface area (Å²) in [4.78, 5) is 2.40. The number of aromatic nitrogens is 1. The van der Waals surface area contributed by atoms with Gasteiger partial charge in [-0.05, 0) is 18.9 Å². The average Bonchev–Trinajstić information content (AvgIpc) is 2.96. The SMILES string of the molecule is COCCN1CC=C(c2c(-c3ccccc3)noc2C)CC1. The van der Waals surface area contributed by atoms with E-state index in [1.54, 1.807) is 7.11 Å². The van der Waals surface area contributed by atoms with Gasteiger partial charge in [-0.2, -0.15) is 0 Å². The molecule has 0 amide bonds. The standard InChI is InChI=1S/C18H22N2O2/c1-14-17(15-8-10-20(11-9-15)12-13-21-2)18(19-22-14)16-6-4-3-5-7-16/h3-8H,9-13H2,1-2H3. The maximum atomic E-state index is 5.47. The minimum Gasteiger partial charge on any atom is -0.383 e. The van der Waals surface area contributed by atoms with Crippen LogP contribution in [0, 0.1) is 6.92 Å². The second-order valence-electron chi connectivity index (χ2n) is 5.60. The first-order valence-corrected chi connectivity index (χ1v) is 7.72. The first-order valence-electron chi connectivity index (χ1n) is 7.72. The van der Waals surface area contributed by atoms with Gasteiger partial charge in [0.1, 0.15) is 11.5 Å². The summed E-state index contributed by atoms with van der Waals surface area (Å²) in [6, 6.07) is 10.2. The molecule has 4 nitrogen and oxygen atoms in total. The lowest BCUT2D eigenvalue weighted by atomic mass is 9.95. The summed E-state index contributed by atoms with van der Waals surface area (Å²) in [6.07, 6.45) is 3.32. The number of hydrogen-bond donors (Lipinski definition) is 0. The van der Waals surface area contributed by atoms with Crippen LogP contribution >= 0.6 is 0 Å². The molecule has 0 saturated carbocycles. The number of aryl methyl sites for hydroxylation is 1. The minimum atomic E-state index is 0.782. The molecule has 22 heavy (non-hydrogen) atoms. The molecule has 116 valence electrons. The van der Waals surface area contributed by atoms with E-state index >= 15 is 0 Å². The molecule has 0 aliphatic carbocycles. The van der Waals surface area contributed by atoms with Gasteiger partial charge in [-0.3, -0.25) is 4.90 Å². The molecule has 2 aromatic rings. The average molecular weight is 298 g/mol. The number of methoxy groups -OCH3 is 1. The summed E-state index contributed by atoms with van der Waals surface area (Å²) in [7, 11) is 1.75. The van der Waals surface area contributed by atoms with E-state index in [2.05, 4.69) is 28.3 Å². The van der Waals surface area contributed by atoms with E-state index in [0.29, 0.717) is 0 Å². The van der Waals surface area contributed by atoms with E-state index in [1.165, 1.54) is 5.57 Å². The predicted molar refractivity (Wildman–Crippen MR) is 87.6 cm³/mol. The first kappa shape index (κ1) is 15.0. The van der Waals surface area contributed by atoms with Gasteiger partial charge >= 0.3 is 0 Å². The monoisotopic (exact) mass is 298 g/mol. The third-order valence-corrected chi connectivity index (χ3v) is 4.14. The first-order chi connectivity index (χ1) is 10.8. The zero-order valence-electron chi connectivity index (χ0n) is 13.2. The molecular weight excluding hydrogens is 276 g/mol. The summed E-state index contributed by atoms with van der Waals surface area (Å²) < 4.78 is 10.6. The Kier molecular flexibility index (Phi) is 4.71. The van der Waals surface area contributed by atoms with Crippen molar-refractivity contribution in [1.82, 2.24) is 10.1 Å². The third kappa shape index (κ3) is 3.13. The van der Waals surface area contributed by atoms with Crippen molar-refractivity contribution >= 4 is 5.57 Å². The van der Waals surface area contributed by atoms with Crippen LogP contribution in [0.5, 0.6) is 0 Å². The van der Waals surface area contributed by atoms with Crippen molar-refractivity contribution in [3.8, 4) is 11.3 Å². The van der Waals surface area contributed by atoms with Crippen LogP contribution in [0.4, 0.5) is 0 Å². The highest BCUT2D eigenvalue weighted by molar-refractivity contribution is 5.80. The van der Waals surface area contributed by atoms with Crippen LogP contribution in [0.25, 0.3) is 16.8 Å². The van der Waals surface area contributed by atoms with Crippen LogP contribution in [0.1, 0.15) is 17.7 Å². The largest absolute Gasteiger partial charge is 0.383 e. The number of rotatable bonds is 5.